The van der Waals surface area contributed by atoms with Gasteiger partial charge >= 0.3 is 0 Å². The van der Waals surface area contributed by atoms with Crippen LogP contribution in [0.5, 0.6) is 0 Å². The van der Waals surface area contributed by atoms with Crippen LogP contribution in [0.1, 0.15) is 13.8 Å². The summed E-state index contributed by atoms with van der Waals surface area (Å²) in [7, 11) is 0. The Morgan fingerprint density at radius 3 is 1.62 bits per heavy atom. The van der Waals surface area contributed by atoms with Crippen molar-refractivity contribution in [2.24, 2.45) is 5.73 Å². The Hall–Kier alpha value is -0.200. The normalized spacial score (nSPS) is 17.1. The zero-order valence-electron chi connectivity index (χ0n) is 8.25. The summed E-state index contributed by atoms with van der Waals surface area (Å²) in [5.74, 6) is 0. The lowest BCUT2D eigenvalue weighted by Crippen LogP contribution is -2.63. The molecule has 13 heavy (non-hydrogen) atoms. The minimum absolute atomic E-state index is 0.140. The second-order valence-corrected chi connectivity index (χ2v) is 3.92. The van der Waals surface area contributed by atoms with Crippen molar-refractivity contribution in [3.8, 4) is 0 Å². The molecule has 1 unspecified atom stereocenters. The monoisotopic (exact) mass is 192 g/mol. The lowest BCUT2D eigenvalue weighted by atomic mass is 9.96. The minimum atomic E-state index is -0.809. The lowest BCUT2D eigenvalue weighted by Gasteiger charge is -2.37. The van der Waals surface area contributed by atoms with E-state index in [9.17, 15) is 0 Å². The van der Waals surface area contributed by atoms with Gasteiger partial charge in [0.15, 0.2) is 0 Å². The molecule has 5 nitrogen and oxygen atoms in total. The Kier molecular flexibility index (Phi) is 4.80. The molecule has 0 aliphatic carbocycles. The molecule has 0 saturated heterocycles. The van der Waals surface area contributed by atoms with Gasteiger partial charge in [0.1, 0.15) is 0 Å². The highest BCUT2D eigenvalue weighted by Crippen LogP contribution is 2.09. The first-order valence-electron chi connectivity index (χ1n) is 4.27. The molecule has 0 radical (unpaired) electrons. The van der Waals surface area contributed by atoms with Gasteiger partial charge in [0, 0.05) is 6.54 Å². The number of hydrogen-bond donors (Lipinski definition) is 5. The maximum Gasteiger partial charge on any atom is 0.0633 e. The second-order valence-electron chi connectivity index (χ2n) is 3.92. The molecule has 0 aliphatic heterocycles. The van der Waals surface area contributed by atoms with E-state index >= 15 is 0 Å². The fourth-order valence-corrected chi connectivity index (χ4v) is 1.01. The highest BCUT2D eigenvalue weighted by molar-refractivity contribution is 4.93. The van der Waals surface area contributed by atoms with E-state index in [1.54, 1.807) is 13.8 Å². The first-order chi connectivity index (χ1) is 5.95. The molecular weight excluding hydrogens is 172 g/mol. The fraction of sp³-hybridized carbons (Fsp3) is 1.00. The second kappa shape index (κ2) is 4.88. The standard InChI is InChI=1S/C8H20N2O3/c1-7(3-9,4-11)10-8(2,5-12)6-13/h10-13H,3-6,9H2,1-2H3. The average molecular weight is 192 g/mol. The van der Waals surface area contributed by atoms with Crippen LogP contribution in [0.4, 0.5) is 0 Å². The molecule has 0 saturated carbocycles. The van der Waals surface area contributed by atoms with Gasteiger partial charge in [-0.2, -0.15) is 0 Å². The molecule has 0 aromatic rings. The summed E-state index contributed by atoms with van der Waals surface area (Å²) in [6.07, 6.45) is 0. The van der Waals surface area contributed by atoms with Crippen LogP contribution < -0.4 is 11.1 Å². The molecule has 0 aliphatic rings. The molecule has 5 heteroatoms. The van der Waals surface area contributed by atoms with Crippen LogP contribution >= 0.6 is 0 Å². The summed E-state index contributed by atoms with van der Waals surface area (Å²) < 4.78 is 0. The van der Waals surface area contributed by atoms with Gasteiger partial charge in [0.25, 0.3) is 0 Å². The van der Waals surface area contributed by atoms with Crippen molar-refractivity contribution >= 4 is 0 Å². The maximum absolute atomic E-state index is 9.03. The van der Waals surface area contributed by atoms with Crippen LogP contribution in [-0.4, -0.2) is 52.8 Å². The highest BCUT2D eigenvalue weighted by atomic mass is 16.3. The van der Waals surface area contributed by atoms with Crippen LogP contribution in [0.15, 0.2) is 0 Å². The molecular formula is C8H20N2O3. The van der Waals surface area contributed by atoms with E-state index in [2.05, 4.69) is 5.32 Å². The van der Waals surface area contributed by atoms with Crippen LogP contribution in [0, 0.1) is 0 Å². The zero-order valence-corrected chi connectivity index (χ0v) is 8.25. The third-order valence-corrected chi connectivity index (χ3v) is 2.10. The van der Waals surface area contributed by atoms with Crippen molar-refractivity contribution in [3.05, 3.63) is 0 Å². The molecule has 0 aromatic carbocycles. The highest BCUT2D eigenvalue weighted by Gasteiger charge is 2.32. The largest absolute Gasteiger partial charge is 0.394 e. The summed E-state index contributed by atoms with van der Waals surface area (Å²) in [6, 6.07) is 0. The molecule has 0 fully saturated rings. The molecule has 0 heterocycles. The predicted octanol–water partition coefficient (Wildman–Crippen LogP) is -1.97. The SMILES string of the molecule is CC(CN)(CO)NC(C)(CO)CO. The number of aliphatic hydroxyl groups excluding tert-OH is 3. The number of nitrogens with one attached hydrogen (secondary N) is 1. The van der Waals surface area contributed by atoms with Crippen molar-refractivity contribution < 1.29 is 15.3 Å². The van der Waals surface area contributed by atoms with E-state index in [4.69, 9.17) is 21.1 Å². The van der Waals surface area contributed by atoms with E-state index in [1.165, 1.54) is 0 Å². The Bertz CT molecular complexity index is 128. The number of hydrogen-bond acceptors (Lipinski definition) is 5. The van der Waals surface area contributed by atoms with E-state index in [1.807, 2.05) is 0 Å². The minimum Gasteiger partial charge on any atom is -0.394 e. The molecule has 0 bridgehead atoms. The van der Waals surface area contributed by atoms with Crippen molar-refractivity contribution in [2.75, 3.05) is 26.4 Å². The first kappa shape index (κ1) is 12.8. The van der Waals surface area contributed by atoms with Gasteiger partial charge in [-0.3, -0.25) is 5.32 Å². The van der Waals surface area contributed by atoms with E-state index in [0.717, 1.165) is 0 Å². The molecule has 0 aromatic heterocycles. The number of nitrogens with two attached hydrogens (primary N) is 1. The fourth-order valence-electron chi connectivity index (χ4n) is 1.01. The quantitative estimate of drug-likeness (QED) is 0.336. The van der Waals surface area contributed by atoms with Gasteiger partial charge in [0.2, 0.25) is 0 Å². The van der Waals surface area contributed by atoms with Crippen LogP contribution in [0.3, 0.4) is 0 Å². The molecule has 1 atom stereocenters. The summed E-state index contributed by atoms with van der Waals surface area (Å²) in [5, 5.41) is 30.0. The molecule has 0 spiro atoms. The third-order valence-electron chi connectivity index (χ3n) is 2.10. The third kappa shape index (κ3) is 3.58. The van der Waals surface area contributed by atoms with Crippen LogP contribution in [0.25, 0.3) is 0 Å². The average Bonchev–Trinajstić information content (AvgIpc) is 2.17. The van der Waals surface area contributed by atoms with Gasteiger partial charge in [-0.05, 0) is 13.8 Å². The maximum atomic E-state index is 9.03. The van der Waals surface area contributed by atoms with Gasteiger partial charge in [-0.25, -0.2) is 0 Å². The number of aliphatic hydroxyl groups is 3. The van der Waals surface area contributed by atoms with Crippen molar-refractivity contribution in [3.63, 3.8) is 0 Å². The van der Waals surface area contributed by atoms with Gasteiger partial charge in [0.05, 0.1) is 30.9 Å². The van der Waals surface area contributed by atoms with Crippen molar-refractivity contribution in [1.29, 1.82) is 0 Å². The molecule has 6 N–H and O–H groups in total. The topological polar surface area (TPSA) is 98.7 Å². The Morgan fingerprint density at radius 2 is 1.38 bits per heavy atom. The molecule has 0 amide bonds. The van der Waals surface area contributed by atoms with Gasteiger partial charge in [-0.1, -0.05) is 0 Å². The Balaban J connectivity index is 4.36. The number of rotatable bonds is 6. The van der Waals surface area contributed by atoms with Crippen LogP contribution in [0.2, 0.25) is 0 Å². The summed E-state index contributed by atoms with van der Waals surface area (Å²) in [5.41, 5.74) is 3.97. The van der Waals surface area contributed by atoms with E-state index in [0.29, 0.717) is 0 Å². The van der Waals surface area contributed by atoms with Gasteiger partial charge < -0.3 is 21.1 Å². The smallest absolute Gasteiger partial charge is 0.0633 e. The van der Waals surface area contributed by atoms with E-state index in [-0.39, 0.29) is 26.4 Å². The zero-order chi connectivity index (χ0) is 10.5. The summed E-state index contributed by atoms with van der Waals surface area (Å²) in [6.45, 7) is 3.07. The predicted molar refractivity (Wildman–Crippen MR) is 50.3 cm³/mol. The van der Waals surface area contributed by atoms with Gasteiger partial charge in [-0.15, -0.1) is 0 Å². The lowest BCUT2D eigenvalue weighted by molar-refractivity contribution is 0.0580. The molecule has 0 rings (SSSR count). The van der Waals surface area contributed by atoms with E-state index < -0.39 is 11.1 Å². The van der Waals surface area contributed by atoms with Crippen LogP contribution in [-0.2, 0) is 0 Å². The van der Waals surface area contributed by atoms with Crippen molar-refractivity contribution in [2.45, 2.75) is 24.9 Å². The summed E-state index contributed by atoms with van der Waals surface area (Å²) >= 11 is 0. The summed E-state index contributed by atoms with van der Waals surface area (Å²) in [4.78, 5) is 0. The molecule has 80 valence electrons. The Labute approximate surface area is 78.6 Å². The first-order valence-corrected chi connectivity index (χ1v) is 4.27. The van der Waals surface area contributed by atoms with Crippen molar-refractivity contribution in [1.82, 2.24) is 5.32 Å². The Morgan fingerprint density at radius 1 is 1.00 bits per heavy atom.